The van der Waals surface area contributed by atoms with E-state index in [0.29, 0.717) is 6.61 Å². The summed E-state index contributed by atoms with van der Waals surface area (Å²) in [6.45, 7) is 2.67. The summed E-state index contributed by atoms with van der Waals surface area (Å²) in [6, 6.07) is 20.4. The Morgan fingerprint density at radius 3 is 2.18 bits per heavy atom. The van der Waals surface area contributed by atoms with E-state index < -0.39 is 0 Å². The van der Waals surface area contributed by atoms with Crippen LogP contribution in [0, 0.1) is 0 Å². The molecule has 0 saturated carbocycles. The minimum Gasteiger partial charge on any atom is -0.496 e. The summed E-state index contributed by atoms with van der Waals surface area (Å²) < 4.78 is 5.57. The van der Waals surface area contributed by atoms with Crippen molar-refractivity contribution in [2.75, 3.05) is 0 Å². The summed E-state index contributed by atoms with van der Waals surface area (Å²) in [5.41, 5.74) is 3.52. The lowest BCUT2D eigenvalue weighted by Gasteiger charge is -2.04. The molecule has 0 bridgehead atoms. The molecule has 0 fully saturated rings. The van der Waals surface area contributed by atoms with Crippen molar-refractivity contribution in [3.63, 3.8) is 0 Å². The van der Waals surface area contributed by atoms with E-state index in [9.17, 15) is 0 Å². The molecule has 0 heterocycles. The normalized spacial score (nSPS) is 11.2. The molecule has 2 rings (SSSR count). The van der Waals surface area contributed by atoms with Gasteiger partial charge in [-0.3, -0.25) is 0 Å². The fourth-order valence-electron chi connectivity index (χ4n) is 1.61. The molecule has 1 nitrogen and oxygen atoms in total. The Kier molecular flexibility index (Phi) is 3.98. The van der Waals surface area contributed by atoms with Crippen molar-refractivity contribution in [1.29, 1.82) is 0 Å². The number of ether oxygens (including phenoxy) is 1. The van der Waals surface area contributed by atoms with Crippen LogP contribution in [0.2, 0.25) is 0 Å². The summed E-state index contributed by atoms with van der Waals surface area (Å²) in [4.78, 5) is 0. The predicted molar refractivity (Wildman–Crippen MR) is 71.3 cm³/mol. The van der Waals surface area contributed by atoms with Crippen molar-refractivity contribution in [2.24, 2.45) is 0 Å². The molecular formula is C16H16O. The molecular weight excluding hydrogens is 208 g/mol. The Bertz CT molecular complexity index is 471. The molecule has 0 unspecified atom stereocenters. The summed E-state index contributed by atoms with van der Waals surface area (Å²) in [6.07, 6.45) is 1.82. The first-order valence-corrected chi connectivity index (χ1v) is 5.74. The van der Waals surface area contributed by atoms with Gasteiger partial charge in [0, 0.05) is 0 Å². The minimum absolute atomic E-state index is 0.616. The average Bonchev–Trinajstić information content (AvgIpc) is 2.41. The molecule has 0 amide bonds. The molecule has 0 aliphatic heterocycles. The van der Waals surface area contributed by atoms with E-state index in [0.717, 1.165) is 5.57 Å². The fourth-order valence-corrected chi connectivity index (χ4v) is 1.61. The van der Waals surface area contributed by atoms with E-state index >= 15 is 0 Å². The Balaban J connectivity index is 1.93. The Morgan fingerprint density at radius 1 is 0.941 bits per heavy atom. The number of hydrogen-bond acceptors (Lipinski definition) is 1. The second-order valence-electron chi connectivity index (χ2n) is 3.96. The van der Waals surface area contributed by atoms with Gasteiger partial charge in [0.05, 0.1) is 6.26 Å². The zero-order valence-electron chi connectivity index (χ0n) is 9.97. The first-order chi connectivity index (χ1) is 8.36. The van der Waals surface area contributed by atoms with Crippen LogP contribution in [0.4, 0.5) is 0 Å². The van der Waals surface area contributed by atoms with Gasteiger partial charge in [0.1, 0.15) is 6.61 Å². The van der Waals surface area contributed by atoms with Crippen LogP contribution in [0.5, 0.6) is 0 Å². The van der Waals surface area contributed by atoms with Gasteiger partial charge in [0.15, 0.2) is 0 Å². The maximum Gasteiger partial charge on any atom is 0.112 e. The van der Waals surface area contributed by atoms with Crippen molar-refractivity contribution in [3.05, 3.63) is 78.1 Å². The molecule has 0 radical (unpaired) electrons. The monoisotopic (exact) mass is 224 g/mol. The number of allylic oxidation sites excluding steroid dienone is 1. The molecule has 0 N–H and O–H groups in total. The van der Waals surface area contributed by atoms with E-state index in [1.807, 2.05) is 42.7 Å². The number of hydrogen-bond donors (Lipinski definition) is 0. The smallest absolute Gasteiger partial charge is 0.112 e. The van der Waals surface area contributed by atoms with Gasteiger partial charge in [-0.15, -0.1) is 0 Å². The van der Waals surface area contributed by atoms with Crippen LogP contribution >= 0.6 is 0 Å². The van der Waals surface area contributed by atoms with Crippen molar-refractivity contribution in [2.45, 2.75) is 13.5 Å². The highest BCUT2D eigenvalue weighted by molar-refractivity contribution is 5.62. The highest BCUT2D eigenvalue weighted by Crippen LogP contribution is 2.13. The third-order valence-corrected chi connectivity index (χ3v) is 2.58. The zero-order chi connectivity index (χ0) is 11.9. The third kappa shape index (κ3) is 3.49. The first kappa shape index (κ1) is 11.5. The molecule has 0 atom stereocenters. The first-order valence-electron chi connectivity index (χ1n) is 5.74. The van der Waals surface area contributed by atoms with E-state index in [4.69, 9.17) is 4.74 Å². The maximum absolute atomic E-state index is 5.57. The van der Waals surface area contributed by atoms with Gasteiger partial charge in [0.25, 0.3) is 0 Å². The van der Waals surface area contributed by atoms with E-state index in [2.05, 4.69) is 31.2 Å². The van der Waals surface area contributed by atoms with Crippen molar-refractivity contribution in [1.82, 2.24) is 0 Å². The van der Waals surface area contributed by atoms with Gasteiger partial charge in [-0.2, -0.15) is 0 Å². The van der Waals surface area contributed by atoms with E-state index in [-0.39, 0.29) is 0 Å². The van der Waals surface area contributed by atoms with Gasteiger partial charge in [-0.25, -0.2) is 0 Å². The molecule has 2 aromatic carbocycles. The minimum atomic E-state index is 0.616. The van der Waals surface area contributed by atoms with Crippen LogP contribution in [-0.2, 0) is 11.3 Å². The molecule has 0 aliphatic rings. The van der Waals surface area contributed by atoms with Gasteiger partial charge in [-0.05, 0) is 23.6 Å². The van der Waals surface area contributed by atoms with Crippen molar-refractivity contribution >= 4 is 5.57 Å². The van der Waals surface area contributed by atoms with Crippen LogP contribution in [0.15, 0.2) is 66.9 Å². The largest absolute Gasteiger partial charge is 0.496 e. The quantitative estimate of drug-likeness (QED) is 0.705. The fraction of sp³-hybridized carbons (Fsp3) is 0.125. The lowest BCUT2D eigenvalue weighted by molar-refractivity contribution is 0.237. The Morgan fingerprint density at radius 2 is 1.53 bits per heavy atom. The SMILES string of the molecule is C/C(=C\OCc1ccccc1)c1ccccc1. The van der Waals surface area contributed by atoms with Crippen LogP contribution < -0.4 is 0 Å². The van der Waals surface area contributed by atoms with Crippen molar-refractivity contribution < 1.29 is 4.74 Å². The molecule has 2 aromatic rings. The molecule has 0 aliphatic carbocycles. The van der Waals surface area contributed by atoms with Crippen molar-refractivity contribution in [3.8, 4) is 0 Å². The lowest BCUT2D eigenvalue weighted by Crippen LogP contribution is -1.87. The lowest BCUT2D eigenvalue weighted by atomic mass is 10.1. The van der Waals surface area contributed by atoms with Crippen LogP contribution in [0.25, 0.3) is 5.57 Å². The summed E-state index contributed by atoms with van der Waals surface area (Å²) in [5, 5.41) is 0. The van der Waals surface area contributed by atoms with Crippen LogP contribution in [0.1, 0.15) is 18.1 Å². The Hall–Kier alpha value is -2.02. The average molecular weight is 224 g/mol. The maximum atomic E-state index is 5.57. The third-order valence-electron chi connectivity index (χ3n) is 2.58. The molecule has 1 heteroatoms. The summed E-state index contributed by atoms with van der Waals surface area (Å²) in [7, 11) is 0. The highest BCUT2D eigenvalue weighted by atomic mass is 16.5. The number of rotatable bonds is 4. The molecule has 0 spiro atoms. The van der Waals surface area contributed by atoms with Gasteiger partial charge < -0.3 is 4.74 Å². The predicted octanol–water partition coefficient (Wildman–Crippen LogP) is 4.26. The molecule has 0 aromatic heterocycles. The topological polar surface area (TPSA) is 9.23 Å². The second-order valence-corrected chi connectivity index (χ2v) is 3.96. The standard InChI is InChI=1S/C16H16O/c1-14(16-10-6-3-7-11-16)12-17-13-15-8-4-2-5-9-15/h2-12H,13H2,1H3/b14-12+. The van der Waals surface area contributed by atoms with E-state index in [1.54, 1.807) is 0 Å². The van der Waals surface area contributed by atoms with Gasteiger partial charge >= 0.3 is 0 Å². The van der Waals surface area contributed by atoms with Gasteiger partial charge in [-0.1, -0.05) is 60.7 Å². The highest BCUT2D eigenvalue weighted by Gasteiger charge is 1.94. The summed E-state index contributed by atoms with van der Waals surface area (Å²) >= 11 is 0. The number of benzene rings is 2. The van der Waals surface area contributed by atoms with Gasteiger partial charge in [0.2, 0.25) is 0 Å². The molecule has 0 saturated heterocycles. The van der Waals surface area contributed by atoms with E-state index in [1.165, 1.54) is 11.1 Å². The molecule has 86 valence electrons. The summed E-state index contributed by atoms with van der Waals surface area (Å²) in [5.74, 6) is 0. The Labute approximate surface area is 102 Å². The molecule has 17 heavy (non-hydrogen) atoms. The second kappa shape index (κ2) is 5.90. The van der Waals surface area contributed by atoms with Crippen LogP contribution in [-0.4, -0.2) is 0 Å². The van der Waals surface area contributed by atoms with Crippen LogP contribution in [0.3, 0.4) is 0 Å². The zero-order valence-corrected chi connectivity index (χ0v) is 9.97.